The van der Waals surface area contributed by atoms with E-state index in [9.17, 15) is 0 Å². The van der Waals surface area contributed by atoms with Gasteiger partial charge in [0, 0.05) is 23.6 Å². The van der Waals surface area contributed by atoms with Gasteiger partial charge in [0.05, 0.1) is 6.54 Å². The summed E-state index contributed by atoms with van der Waals surface area (Å²) in [5.74, 6) is 2.06. The molecule has 2 aromatic heterocycles. The molecule has 2 rings (SSSR count). The minimum atomic E-state index is 0.506. The zero-order valence-corrected chi connectivity index (χ0v) is 11.4. The van der Waals surface area contributed by atoms with Gasteiger partial charge in [0.15, 0.2) is 0 Å². The summed E-state index contributed by atoms with van der Waals surface area (Å²) in [6, 6.07) is 1.75. The summed E-state index contributed by atoms with van der Waals surface area (Å²) in [4.78, 5) is 13.0. The van der Waals surface area contributed by atoms with Crippen LogP contribution in [0.2, 0.25) is 0 Å². The predicted octanol–water partition coefficient (Wildman–Crippen LogP) is 2.39. The number of rotatable bonds is 5. The Labute approximate surface area is 111 Å². The van der Waals surface area contributed by atoms with Crippen LogP contribution >= 0.6 is 11.3 Å². The van der Waals surface area contributed by atoms with E-state index in [1.54, 1.807) is 17.4 Å². The van der Waals surface area contributed by atoms with E-state index in [-0.39, 0.29) is 0 Å². The first-order valence-corrected chi connectivity index (χ1v) is 6.83. The van der Waals surface area contributed by atoms with E-state index < -0.39 is 0 Å². The third-order valence-corrected chi connectivity index (χ3v) is 3.32. The van der Waals surface area contributed by atoms with Crippen LogP contribution in [0.25, 0.3) is 0 Å². The van der Waals surface area contributed by atoms with Gasteiger partial charge in [-0.05, 0) is 13.3 Å². The molecule has 18 heavy (non-hydrogen) atoms. The topological polar surface area (TPSA) is 76.7 Å². The number of nitrogens with zero attached hydrogens (tertiary/aromatic N) is 3. The highest BCUT2D eigenvalue weighted by Gasteiger charge is 2.03. The number of nitrogens with two attached hydrogens (primary N) is 1. The molecule has 0 amide bonds. The van der Waals surface area contributed by atoms with Gasteiger partial charge in [0.1, 0.15) is 22.5 Å². The average Bonchev–Trinajstić information content (AvgIpc) is 2.72. The first kappa shape index (κ1) is 12.8. The first-order chi connectivity index (χ1) is 8.67. The minimum Gasteiger partial charge on any atom is -0.384 e. The molecule has 0 aromatic carbocycles. The lowest BCUT2D eigenvalue weighted by molar-refractivity contribution is 0.836. The molecule has 0 aliphatic rings. The van der Waals surface area contributed by atoms with Gasteiger partial charge in [-0.3, -0.25) is 0 Å². The van der Waals surface area contributed by atoms with E-state index in [0.29, 0.717) is 12.4 Å². The van der Waals surface area contributed by atoms with Crippen LogP contribution in [-0.4, -0.2) is 15.0 Å². The van der Waals surface area contributed by atoms with E-state index in [0.717, 1.165) is 35.2 Å². The molecule has 0 atom stereocenters. The molecule has 96 valence electrons. The Morgan fingerprint density at radius 2 is 2.17 bits per heavy atom. The van der Waals surface area contributed by atoms with Crippen LogP contribution in [0.5, 0.6) is 0 Å². The summed E-state index contributed by atoms with van der Waals surface area (Å²) in [6.45, 7) is 4.75. The van der Waals surface area contributed by atoms with Crippen molar-refractivity contribution in [2.24, 2.45) is 0 Å². The maximum absolute atomic E-state index is 5.76. The van der Waals surface area contributed by atoms with Gasteiger partial charge in [0.2, 0.25) is 0 Å². The van der Waals surface area contributed by atoms with Gasteiger partial charge in [-0.25, -0.2) is 15.0 Å². The zero-order valence-electron chi connectivity index (χ0n) is 10.6. The lowest BCUT2D eigenvalue weighted by atomic mass is 10.3. The smallest absolute Gasteiger partial charge is 0.133 e. The van der Waals surface area contributed by atoms with Crippen molar-refractivity contribution >= 4 is 23.0 Å². The molecule has 0 unspecified atom stereocenters. The van der Waals surface area contributed by atoms with Crippen LogP contribution in [0.3, 0.4) is 0 Å². The fourth-order valence-electron chi connectivity index (χ4n) is 1.59. The van der Waals surface area contributed by atoms with Gasteiger partial charge < -0.3 is 11.1 Å². The molecule has 0 aliphatic heterocycles. The molecule has 2 aromatic rings. The van der Waals surface area contributed by atoms with Crippen molar-refractivity contribution in [2.45, 2.75) is 33.2 Å². The van der Waals surface area contributed by atoms with Gasteiger partial charge >= 0.3 is 0 Å². The average molecular weight is 263 g/mol. The SMILES string of the molecule is CCCc1nc(N)cc(NCc2nc(C)cs2)n1. The van der Waals surface area contributed by atoms with E-state index in [2.05, 4.69) is 27.2 Å². The van der Waals surface area contributed by atoms with E-state index in [1.165, 1.54) is 0 Å². The number of hydrogen-bond acceptors (Lipinski definition) is 6. The molecular weight excluding hydrogens is 246 g/mol. The maximum Gasteiger partial charge on any atom is 0.133 e. The summed E-state index contributed by atoms with van der Waals surface area (Å²) in [5, 5.41) is 6.31. The Kier molecular flexibility index (Phi) is 4.09. The number of aromatic nitrogens is 3. The summed E-state index contributed by atoms with van der Waals surface area (Å²) >= 11 is 1.64. The van der Waals surface area contributed by atoms with Crippen molar-refractivity contribution in [1.82, 2.24) is 15.0 Å². The van der Waals surface area contributed by atoms with Crippen molar-refractivity contribution < 1.29 is 0 Å². The monoisotopic (exact) mass is 263 g/mol. The molecule has 3 N–H and O–H groups in total. The van der Waals surface area contributed by atoms with Crippen LogP contribution in [0.15, 0.2) is 11.4 Å². The summed E-state index contributed by atoms with van der Waals surface area (Å²) in [5.41, 5.74) is 6.81. The molecule has 0 bridgehead atoms. The Balaban J connectivity index is 2.04. The second kappa shape index (κ2) is 5.77. The highest BCUT2D eigenvalue weighted by molar-refractivity contribution is 7.09. The molecule has 0 aliphatic carbocycles. The van der Waals surface area contributed by atoms with Crippen molar-refractivity contribution in [3.8, 4) is 0 Å². The van der Waals surface area contributed by atoms with Crippen molar-refractivity contribution in [3.05, 3.63) is 28.0 Å². The van der Waals surface area contributed by atoms with E-state index in [1.807, 2.05) is 12.3 Å². The lowest BCUT2D eigenvalue weighted by Gasteiger charge is -2.06. The number of hydrogen-bond donors (Lipinski definition) is 2. The van der Waals surface area contributed by atoms with Crippen LogP contribution < -0.4 is 11.1 Å². The van der Waals surface area contributed by atoms with E-state index in [4.69, 9.17) is 5.73 Å². The Morgan fingerprint density at radius 1 is 1.33 bits per heavy atom. The standard InChI is InChI=1S/C12H17N5S/c1-3-4-10-16-9(13)5-11(17-10)14-6-12-15-8(2)7-18-12/h5,7H,3-4,6H2,1-2H3,(H3,13,14,16,17). The van der Waals surface area contributed by atoms with E-state index >= 15 is 0 Å². The van der Waals surface area contributed by atoms with Crippen molar-refractivity contribution in [1.29, 1.82) is 0 Å². The van der Waals surface area contributed by atoms with Crippen LogP contribution in [0.1, 0.15) is 29.9 Å². The first-order valence-electron chi connectivity index (χ1n) is 5.95. The van der Waals surface area contributed by atoms with Crippen LogP contribution in [0.4, 0.5) is 11.6 Å². The summed E-state index contributed by atoms with van der Waals surface area (Å²) in [7, 11) is 0. The Morgan fingerprint density at radius 3 is 2.83 bits per heavy atom. The molecule has 0 saturated heterocycles. The molecule has 5 nitrogen and oxygen atoms in total. The fourth-order valence-corrected chi connectivity index (χ4v) is 2.31. The molecule has 0 spiro atoms. The Hall–Kier alpha value is -1.69. The van der Waals surface area contributed by atoms with Gasteiger partial charge in [-0.1, -0.05) is 6.92 Å². The quantitative estimate of drug-likeness (QED) is 0.866. The number of nitrogens with one attached hydrogen (secondary N) is 1. The zero-order chi connectivity index (χ0) is 13.0. The normalized spacial score (nSPS) is 10.6. The van der Waals surface area contributed by atoms with Crippen molar-refractivity contribution in [2.75, 3.05) is 11.1 Å². The predicted molar refractivity (Wildman–Crippen MR) is 74.6 cm³/mol. The number of anilines is 2. The highest BCUT2D eigenvalue weighted by atomic mass is 32.1. The summed E-state index contributed by atoms with van der Waals surface area (Å²) in [6.07, 6.45) is 1.85. The van der Waals surface area contributed by atoms with Gasteiger partial charge in [0.25, 0.3) is 0 Å². The number of aryl methyl sites for hydroxylation is 2. The van der Waals surface area contributed by atoms with Gasteiger partial charge in [-0.15, -0.1) is 11.3 Å². The number of nitrogen functional groups attached to an aromatic ring is 1. The third-order valence-electron chi connectivity index (χ3n) is 2.35. The second-order valence-corrected chi connectivity index (χ2v) is 5.02. The summed E-state index contributed by atoms with van der Waals surface area (Å²) < 4.78 is 0. The molecular formula is C12H17N5S. The van der Waals surface area contributed by atoms with Crippen LogP contribution in [-0.2, 0) is 13.0 Å². The molecule has 0 saturated carbocycles. The highest BCUT2D eigenvalue weighted by Crippen LogP contribution is 2.13. The molecule has 6 heteroatoms. The fraction of sp³-hybridized carbons (Fsp3) is 0.417. The van der Waals surface area contributed by atoms with Crippen LogP contribution in [0, 0.1) is 6.92 Å². The lowest BCUT2D eigenvalue weighted by Crippen LogP contribution is -2.06. The minimum absolute atomic E-state index is 0.506. The number of thiazole rings is 1. The van der Waals surface area contributed by atoms with Crippen molar-refractivity contribution in [3.63, 3.8) is 0 Å². The molecule has 0 radical (unpaired) electrons. The van der Waals surface area contributed by atoms with Gasteiger partial charge in [-0.2, -0.15) is 0 Å². The molecule has 0 fully saturated rings. The maximum atomic E-state index is 5.76. The Bertz CT molecular complexity index is 523. The third kappa shape index (κ3) is 3.40. The second-order valence-electron chi connectivity index (χ2n) is 4.08. The molecule has 2 heterocycles. The largest absolute Gasteiger partial charge is 0.384 e.